The van der Waals surface area contributed by atoms with Gasteiger partial charge in [0.2, 0.25) is 5.95 Å². The summed E-state index contributed by atoms with van der Waals surface area (Å²) < 4.78 is 0. The minimum atomic E-state index is -0.133. The number of fused-ring (bicyclic) bond motifs is 1. The van der Waals surface area contributed by atoms with Crippen LogP contribution in [-0.2, 0) is 0 Å². The van der Waals surface area contributed by atoms with Gasteiger partial charge in [0.15, 0.2) is 0 Å². The zero-order chi connectivity index (χ0) is 20.4. The lowest BCUT2D eigenvalue weighted by Gasteiger charge is -2.12. The summed E-state index contributed by atoms with van der Waals surface area (Å²) in [6.07, 6.45) is 0. The van der Waals surface area contributed by atoms with E-state index in [1.54, 1.807) is 12.1 Å². The second kappa shape index (κ2) is 7.72. The predicted molar refractivity (Wildman–Crippen MR) is 118 cm³/mol. The molecule has 0 unspecified atom stereocenters. The van der Waals surface area contributed by atoms with E-state index in [9.17, 15) is 4.79 Å². The topological polar surface area (TPSA) is 66.9 Å². The Balaban J connectivity index is 1.51. The quantitative estimate of drug-likeness (QED) is 0.485. The molecule has 144 valence electrons. The van der Waals surface area contributed by atoms with Crippen molar-refractivity contribution >= 4 is 34.1 Å². The second-order valence-corrected chi connectivity index (χ2v) is 7.07. The third kappa shape index (κ3) is 3.94. The number of nitrogens with one attached hydrogen (secondary N) is 2. The molecule has 4 aromatic rings. The monoisotopic (exact) mass is 382 g/mol. The predicted octanol–water partition coefficient (Wildman–Crippen LogP) is 5.55. The smallest absolute Gasteiger partial charge is 0.255 e. The number of nitrogens with zero attached hydrogens (tertiary/aromatic N) is 2. The van der Waals surface area contributed by atoms with Gasteiger partial charge in [0.05, 0.1) is 11.2 Å². The Morgan fingerprint density at radius 3 is 2.21 bits per heavy atom. The lowest BCUT2D eigenvalue weighted by molar-refractivity contribution is 0.102. The molecule has 0 bridgehead atoms. The van der Waals surface area contributed by atoms with Crippen molar-refractivity contribution in [1.82, 2.24) is 9.97 Å². The molecule has 0 aliphatic carbocycles. The van der Waals surface area contributed by atoms with E-state index in [4.69, 9.17) is 0 Å². The van der Waals surface area contributed by atoms with Crippen molar-refractivity contribution in [2.45, 2.75) is 20.8 Å². The molecule has 0 aliphatic heterocycles. The van der Waals surface area contributed by atoms with Crippen molar-refractivity contribution in [2.75, 3.05) is 10.6 Å². The third-order valence-electron chi connectivity index (χ3n) is 4.92. The molecule has 1 amide bonds. The number of hydrogen-bond acceptors (Lipinski definition) is 4. The molecule has 0 saturated heterocycles. The minimum absolute atomic E-state index is 0.133. The van der Waals surface area contributed by atoms with Gasteiger partial charge in [-0.15, -0.1) is 0 Å². The molecular formula is C24H22N4O. The first-order chi connectivity index (χ1) is 14.0. The molecule has 0 atom stereocenters. The Hall–Kier alpha value is -3.73. The molecule has 5 heteroatoms. The van der Waals surface area contributed by atoms with Crippen LogP contribution in [-0.4, -0.2) is 15.9 Å². The van der Waals surface area contributed by atoms with Crippen LogP contribution in [0.2, 0.25) is 0 Å². The van der Waals surface area contributed by atoms with E-state index >= 15 is 0 Å². The number of rotatable bonds is 4. The van der Waals surface area contributed by atoms with Gasteiger partial charge < -0.3 is 10.6 Å². The summed E-state index contributed by atoms with van der Waals surface area (Å²) in [4.78, 5) is 21.7. The van der Waals surface area contributed by atoms with E-state index in [-0.39, 0.29) is 5.91 Å². The maximum atomic E-state index is 12.6. The minimum Gasteiger partial charge on any atom is -0.324 e. The summed E-state index contributed by atoms with van der Waals surface area (Å²) in [5, 5.41) is 7.26. The molecule has 0 spiro atoms. The fourth-order valence-electron chi connectivity index (χ4n) is 3.32. The Kier molecular flexibility index (Phi) is 4.96. The van der Waals surface area contributed by atoms with Crippen molar-refractivity contribution < 1.29 is 4.79 Å². The van der Waals surface area contributed by atoms with E-state index < -0.39 is 0 Å². The van der Waals surface area contributed by atoms with Crippen LogP contribution in [0.15, 0.2) is 66.7 Å². The number of benzene rings is 3. The van der Waals surface area contributed by atoms with Crippen LogP contribution in [0.5, 0.6) is 0 Å². The van der Waals surface area contributed by atoms with Crippen LogP contribution in [0.4, 0.5) is 17.3 Å². The van der Waals surface area contributed by atoms with Crippen LogP contribution in [0.3, 0.4) is 0 Å². The first kappa shape index (κ1) is 18.6. The number of aromatic nitrogens is 2. The van der Waals surface area contributed by atoms with Crippen LogP contribution in [0, 0.1) is 20.8 Å². The first-order valence-electron chi connectivity index (χ1n) is 9.49. The maximum absolute atomic E-state index is 12.6. The van der Waals surface area contributed by atoms with Crippen LogP contribution < -0.4 is 10.6 Å². The van der Waals surface area contributed by atoms with E-state index in [1.165, 1.54) is 0 Å². The number of hydrogen-bond donors (Lipinski definition) is 2. The van der Waals surface area contributed by atoms with Crippen molar-refractivity contribution in [3.8, 4) is 0 Å². The summed E-state index contributed by atoms with van der Waals surface area (Å²) in [6.45, 7) is 5.94. The van der Waals surface area contributed by atoms with Crippen LogP contribution in [0.1, 0.15) is 27.2 Å². The normalized spacial score (nSPS) is 10.7. The zero-order valence-corrected chi connectivity index (χ0v) is 16.7. The standard InChI is InChI=1S/C24H22N4O/c1-15-7-6-8-16(2)22(15)28-23(29)18-11-13-19(14-12-18)26-24-25-17(3)20-9-4-5-10-21(20)27-24/h4-14H,1-3H3,(H,28,29)(H,25,26,27). The highest BCUT2D eigenvalue weighted by Crippen LogP contribution is 2.22. The first-order valence-corrected chi connectivity index (χ1v) is 9.49. The average molecular weight is 382 g/mol. The van der Waals surface area contributed by atoms with Gasteiger partial charge in [-0.2, -0.15) is 0 Å². The van der Waals surface area contributed by atoms with Gasteiger partial charge in [0.25, 0.3) is 5.91 Å². The fourth-order valence-corrected chi connectivity index (χ4v) is 3.32. The Labute approximate surface area is 169 Å². The molecule has 1 heterocycles. The SMILES string of the molecule is Cc1cccc(C)c1NC(=O)c1ccc(Nc2nc(C)c3ccccc3n2)cc1. The van der Waals surface area contributed by atoms with Gasteiger partial charge in [0, 0.05) is 22.3 Å². The highest BCUT2D eigenvalue weighted by Gasteiger charge is 2.10. The van der Waals surface area contributed by atoms with Gasteiger partial charge in [-0.3, -0.25) is 4.79 Å². The summed E-state index contributed by atoms with van der Waals surface area (Å²) in [5.74, 6) is 0.403. The largest absolute Gasteiger partial charge is 0.324 e. The molecule has 3 aromatic carbocycles. The van der Waals surface area contributed by atoms with Crippen molar-refractivity contribution in [3.05, 3.63) is 89.1 Å². The van der Waals surface area contributed by atoms with Crippen molar-refractivity contribution in [1.29, 1.82) is 0 Å². The lowest BCUT2D eigenvalue weighted by atomic mass is 10.1. The van der Waals surface area contributed by atoms with Gasteiger partial charge in [-0.05, 0) is 62.2 Å². The average Bonchev–Trinajstić information content (AvgIpc) is 2.71. The molecular weight excluding hydrogens is 360 g/mol. The van der Waals surface area contributed by atoms with E-state index in [0.29, 0.717) is 11.5 Å². The third-order valence-corrected chi connectivity index (χ3v) is 4.92. The lowest BCUT2D eigenvalue weighted by Crippen LogP contribution is -2.13. The van der Waals surface area contributed by atoms with Crippen LogP contribution >= 0.6 is 0 Å². The highest BCUT2D eigenvalue weighted by atomic mass is 16.1. The Morgan fingerprint density at radius 2 is 1.48 bits per heavy atom. The maximum Gasteiger partial charge on any atom is 0.255 e. The fraction of sp³-hybridized carbons (Fsp3) is 0.125. The molecule has 29 heavy (non-hydrogen) atoms. The van der Waals surface area contributed by atoms with Gasteiger partial charge >= 0.3 is 0 Å². The molecule has 2 N–H and O–H groups in total. The number of carbonyl (C=O) groups is 1. The molecule has 5 nitrogen and oxygen atoms in total. The van der Waals surface area contributed by atoms with Gasteiger partial charge in [0.1, 0.15) is 0 Å². The van der Waals surface area contributed by atoms with E-state index in [1.807, 2.05) is 75.4 Å². The number of para-hydroxylation sites is 2. The summed E-state index contributed by atoms with van der Waals surface area (Å²) in [6, 6.07) is 21.2. The second-order valence-electron chi connectivity index (χ2n) is 7.07. The van der Waals surface area contributed by atoms with Crippen molar-refractivity contribution in [3.63, 3.8) is 0 Å². The molecule has 0 radical (unpaired) electrons. The van der Waals surface area contributed by atoms with Gasteiger partial charge in [-0.25, -0.2) is 9.97 Å². The number of carbonyl (C=O) groups excluding carboxylic acids is 1. The molecule has 4 rings (SSSR count). The van der Waals surface area contributed by atoms with E-state index in [0.717, 1.165) is 39.1 Å². The molecule has 1 aromatic heterocycles. The Morgan fingerprint density at radius 1 is 0.793 bits per heavy atom. The summed E-state index contributed by atoms with van der Waals surface area (Å²) >= 11 is 0. The van der Waals surface area contributed by atoms with Crippen molar-refractivity contribution in [2.24, 2.45) is 0 Å². The summed E-state index contributed by atoms with van der Waals surface area (Å²) in [7, 11) is 0. The van der Waals surface area contributed by atoms with E-state index in [2.05, 4.69) is 20.6 Å². The molecule has 0 saturated carbocycles. The number of amides is 1. The molecule has 0 aliphatic rings. The highest BCUT2D eigenvalue weighted by molar-refractivity contribution is 6.05. The van der Waals surface area contributed by atoms with Gasteiger partial charge in [-0.1, -0.05) is 36.4 Å². The number of aryl methyl sites for hydroxylation is 3. The Bertz CT molecular complexity index is 1180. The zero-order valence-electron chi connectivity index (χ0n) is 16.7. The van der Waals surface area contributed by atoms with Crippen LogP contribution in [0.25, 0.3) is 10.9 Å². The summed E-state index contributed by atoms with van der Waals surface area (Å²) in [5.41, 5.74) is 6.17. The molecule has 0 fully saturated rings. The number of anilines is 3.